The van der Waals surface area contributed by atoms with Crippen molar-refractivity contribution in [3.8, 4) is 0 Å². The first-order valence-corrected chi connectivity index (χ1v) is 11.6. The van der Waals surface area contributed by atoms with E-state index in [9.17, 15) is 0 Å². The van der Waals surface area contributed by atoms with Gasteiger partial charge in [0, 0.05) is 29.0 Å². The number of nitrogens with zero attached hydrogens (tertiary/aromatic N) is 3. The van der Waals surface area contributed by atoms with Crippen molar-refractivity contribution in [2.75, 3.05) is 18.5 Å². The van der Waals surface area contributed by atoms with Crippen molar-refractivity contribution < 1.29 is 4.90 Å². The van der Waals surface area contributed by atoms with Gasteiger partial charge in [0.15, 0.2) is 5.82 Å². The number of anilines is 1. The molecule has 1 aliphatic carbocycles. The monoisotopic (exact) mass is 406 g/mol. The summed E-state index contributed by atoms with van der Waals surface area (Å²) in [5.41, 5.74) is 7.47. The molecule has 0 radical (unpaired) electrons. The lowest BCUT2D eigenvalue weighted by atomic mass is 9.97. The Labute approximate surface area is 175 Å². The van der Waals surface area contributed by atoms with Crippen molar-refractivity contribution in [3.63, 3.8) is 0 Å². The number of hydrogen-bond donors (Lipinski definition) is 2. The number of piperidine rings is 1. The van der Waals surface area contributed by atoms with Gasteiger partial charge in [-0.3, -0.25) is 5.43 Å². The van der Waals surface area contributed by atoms with Crippen LogP contribution in [0.2, 0.25) is 0 Å². The highest BCUT2D eigenvalue weighted by atomic mass is 32.1. The van der Waals surface area contributed by atoms with E-state index in [2.05, 4.69) is 35.8 Å². The zero-order valence-electron chi connectivity index (χ0n) is 17.0. The lowest BCUT2D eigenvalue weighted by Crippen LogP contribution is -3.11. The number of aryl methyl sites for hydroxylation is 3. The van der Waals surface area contributed by atoms with E-state index < -0.39 is 0 Å². The predicted molar refractivity (Wildman–Crippen MR) is 120 cm³/mol. The zero-order valence-corrected chi connectivity index (χ0v) is 17.8. The summed E-state index contributed by atoms with van der Waals surface area (Å²) in [7, 11) is 0. The Morgan fingerprint density at radius 1 is 1.03 bits per heavy atom. The second-order valence-corrected chi connectivity index (χ2v) is 9.30. The Bertz CT molecular complexity index is 1030. The minimum Gasteiger partial charge on any atom is -0.331 e. The Kier molecular flexibility index (Phi) is 5.29. The molecule has 1 aromatic carbocycles. The van der Waals surface area contributed by atoms with E-state index in [0.29, 0.717) is 0 Å². The molecule has 2 aliphatic rings. The van der Waals surface area contributed by atoms with Crippen LogP contribution in [0.1, 0.15) is 47.5 Å². The highest BCUT2D eigenvalue weighted by Gasteiger charge is 2.22. The van der Waals surface area contributed by atoms with Crippen molar-refractivity contribution in [3.05, 3.63) is 52.2 Å². The molecule has 0 atom stereocenters. The van der Waals surface area contributed by atoms with Crippen LogP contribution < -0.4 is 10.3 Å². The molecule has 0 saturated carbocycles. The molecule has 0 unspecified atom stereocenters. The van der Waals surface area contributed by atoms with Crippen LogP contribution in [0.25, 0.3) is 10.2 Å². The Balaban J connectivity index is 1.29. The largest absolute Gasteiger partial charge is 0.331 e. The Morgan fingerprint density at radius 3 is 2.66 bits per heavy atom. The highest BCUT2D eigenvalue weighted by Crippen LogP contribution is 2.38. The molecule has 0 spiro atoms. The second-order valence-electron chi connectivity index (χ2n) is 8.21. The van der Waals surface area contributed by atoms with Gasteiger partial charge >= 0.3 is 0 Å². The molecule has 6 heteroatoms. The topological polar surface area (TPSA) is 54.6 Å². The smallest absolute Gasteiger partial charge is 0.158 e. The SMILES string of the molecule is Cc1nc(NN=C2CC[NH+](Cc3ccccc3)CC2)c2c3c(sc2n1)CCCC3. The summed E-state index contributed by atoms with van der Waals surface area (Å²) in [5, 5.41) is 6.00. The number of hydrazone groups is 1. The number of fused-ring (bicyclic) bond motifs is 3. The molecule has 1 saturated heterocycles. The van der Waals surface area contributed by atoms with E-state index in [4.69, 9.17) is 15.1 Å². The Morgan fingerprint density at radius 2 is 1.83 bits per heavy atom. The summed E-state index contributed by atoms with van der Waals surface area (Å²) in [5.74, 6) is 1.72. The van der Waals surface area contributed by atoms with Gasteiger partial charge in [-0.05, 0) is 38.2 Å². The highest BCUT2D eigenvalue weighted by molar-refractivity contribution is 7.19. The molecule has 2 aromatic heterocycles. The minimum absolute atomic E-state index is 0.820. The quantitative estimate of drug-likeness (QED) is 0.652. The maximum Gasteiger partial charge on any atom is 0.158 e. The molecule has 29 heavy (non-hydrogen) atoms. The van der Waals surface area contributed by atoms with E-state index in [1.54, 1.807) is 4.90 Å². The molecule has 0 bridgehead atoms. The first kappa shape index (κ1) is 18.7. The van der Waals surface area contributed by atoms with Gasteiger partial charge < -0.3 is 4.90 Å². The fourth-order valence-electron chi connectivity index (χ4n) is 4.54. The van der Waals surface area contributed by atoms with Gasteiger partial charge in [0.05, 0.1) is 18.5 Å². The van der Waals surface area contributed by atoms with Gasteiger partial charge in [-0.2, -0.15) is 5.10 Å². The van der Waals surface area contributed by atoms with Gasteiger partial charge in [0.25, 0.3) is 0 Å². The van der Waals surface area contributed by atoms with Gasteiger partial charge in [-0.25, -0.2) is 9.97 Å². The molecular weight excluding hydrogens is 378 g/mol. The predicted octanol–water partition coefficient (Wildman–Crippen LogP) is 3.53. The van der Waals surface area contributed by atoms with Crippen molar-refractivity contribution in [1.82, 2.24) is 9.97 Å². The maximum absolute atomic E-state index is 4.78. The Hall–Kier alpha value is -2.31. The number of thiophene rings is 1. The normalized spacial score (nSPS) is 19.2. The van der Waals surface area contributed by atoms with E-state index in [1.165, 1.54) is 46.4 Å². The van der Waals surface area contributed by atoms with Crippen LogP contribution >= 0.6 is 11.3 Å². The van der Waals surface area contributed by atoms with Gasteiger partial charge in [-0.15, -0.1) is 11.3 Å². The van der Waals surface area contributed by atoms with Gasteiger partial charge in [0.1, 0.15) is 17.2 Å². The number of nitrogens with one attached hydrogen (secondary N) is 2. The number of hydrogen-bond acceptors (Lipinski definition) is 5. The van der Waals surface area contributed by atoms with Crippen LogP contribution in [0.15, 0.2) is 35.4 Å². The summed E-state index contributed by atoms with van der Waals surface area (Å²) < 4.78 is 0. The first-order valence-electron chi connectivity index (χ1n) is 10.7. The molecule has 5 rings (SSSR count). The fourth-order valence-corrected chi connectivity index (χ4v) is 5.85. The molecule has 3 aromatic rings. The zero-order chi connectivity index (χ0) is 19.6. The third kappa shape index (κ3) is 4.05. The number of quaternary nitrogens is 1. The average Bonchev–Trinajstić information content (AvgIpc) is 3.12. The van der Waals surface area contributed by atoms with Gasteiger partial charge in [-0.1, -0.05) is 30.3 Å². The molecule has 2 N–H and O–H groups in total. The first-order chi connectivity index (χ1) is 14.3. The maximum atomic E-state index is 4.78. The van der Waals surface area contributed by atoms with Crippen molar-refractivity contribution >= 4 is 33.1 Å². The van der Waals surface area contributed by atoms with Crippen LogP contribution in [-0.2, 0) is 19.4 Å². The second kappa shape index (κ2) is 8.20. The molecule has 1 fully saturated rings. The summed E-state index contributed by atoms with van der Waals surface area (Å²) in [6, 6.07) is 10.8. The van der Waals surface area contributed by atoms with Crippen molar-refractivity contribution in [2.45, 2.75) is 52.0 Å². The molecule has 5 nitrogen and oxygen atoms in total. The van der Waals surface area contributed by atoms with E-state index in [-0.39, 0.29) is 0 Å². The molecular formula is C23H28N5S+. The average molecular weight is 407 g/mol. The number of rotatable bonds is 4. The van der Waals surface area contributed by atoms with Crippen LogP contribution in [0.4, 0.5) is 5.82 Å². The summed E-state index contributed by atoms with van der Waals surface area (Å²) in [4.78, 5) is 13.7. The minimum atomic E-state index is 0.820. The van der Waals surface area contributed by atoms with E-state index in [0.717, 1.165) is 55.4 Å². The van der Waals surface area contributed by atoms with Crippen LogP contribution in [0.5, 0.6) is 0 Å². The summed E-state index contributed by atoms with van der Waals surface area (Å²) in [6.45, 7) is 5.36. The summed E-state index contributed by atoms with van der Waals surface area (Å²) >= 11 is 1.85. The number of likely N-dealkylation sites (tertiary alicyclic amines) is 1. The van der Waals surface area contributed by atoms with Crippen LogP contribution in [0.3, 0.4) is 0 Å². The lowest BCUT2D eigenvalue weighted by Gasteiger charge is -2.24. The third-order valence-electron chi connectivity index (χ3n) is 6.08. The van der Waals surface area contributed by atoms with Crippen molar-refractivity contribution in [2.24, 2.45) is 5.10 Å². The summed E-state index contributed by atoms with van der Waals surface area (Å²) in [6.07, 6.45) is 6.97. The molecule has 1 aliphatic heterocycles. The van der Waals surface area contributed by atoms with Crippen LogP contribution in [-0.4, -0.2) is 28.8 Å². The van der Waals surface area contributed by atoms with Crippen molar-refractivity contribution in [1.29, 1.82) is 0 Å². The fraction of sp³-hybridized carbons (Fsp3) is 0.435. The van der Waals surface area contributed by atoms with E-state index in [1.807, 2.05) is 18.3 Å². The number of aromatic nitrogens is 2. The third-order valence-corrected chi connectivity index (χ3v) is 7.26. The lowest BCUT2D eigenvalue weighted by molar-refractivity contribution is -0.914. The van der Waals surface area contributed by atoms with Crippen LogP contribution in [0, 0.1) is 6.92 Å². The van der Waals surface area contributed by atoms with E-state index >= 15 is 0 Å². The number of benzene rings is 1. The molecule has 150 valence electrons. The standard InChI is InChI=1S/C23H27N5S/c1-16-24-22(21-19-9-5-6-10-20(19)29-23(21)25-16)27-26-18-11-13-28(14-12-18)15-17-7-3-2-4-8-17/h2-4,7-8H,5-6,9-15H2,1H3,(H,24,25,27)/p+1. The molecule has 3 heterocycles. The molecule has 0 amide bonds. The van der Waals surface area contributed by atoms with Gasteiger partial charge in [0.2, 0.25) is 0 Å².